The quantitative estimate of drug-likeness (QED) is 0.186. The van der Waals surface area contributed by atoms with Gasteiger partial charge in [-0.15, -0.1) is 23.1 Å². The summed E-state index contributed by atoms with van der Waals surface area (Å²) in [7, 11) is 0. The molecule has 2 aliphatic heterocycles. The fourth-order valence-electron chi connectivity index (χ4n) is 4.35. The molecule has 2 aliphatic rings. The van der Waals surface area contributed by atoms with E-state index in [0.29, 0.717) is 22.7 Å². The van der Waals surface area contributed by atoms with Crippen molar-refractivity contribution in [2.75, 3.05) is 19.0 Å². The van der Waals surface area contributed by atoms with Crippen molar-refractivity contribution in [3.8, 4) is 5.75 Å². The van der Waals surface area contributed by atoms with E-state index in [1.807, 2.05) is 24.4 Å². The number of fused-ring (bicyclic) bond motifs is 2. The zero-order valence-electron chi connectivity index (χ0n) is 20.4. The number of ether oxygens (including phenoxy) is 2. The van der Waals surface area contributed by atoms with Crippen molar-refractivity contribution < 1.29 is 28.3 Å². The Balaban J connectivity index is 1.34. The SMILES string of the molecule is C=CCOC(=O)C1=C(COc2ccc3c(C)cc(=O)oc3c2)CSC2C(NC(=O)Cc3cccs3)C(=O)N12. The highest BCUT2D eigenvalue weighted by Gasteiger charge is 2.54. The number of benzene rings is 1. The van der Waals surface area contributed by atoms with Crippen LogP contribution in [0.2, 0.25) is 0 Å². The van der Waals surface area contributed by atoms with Crippen LogP contribution in [0.1, 0.15) is 10.4 Å². The van der Waals surface area contributed by atoms with Crippen molar-refractivity contribution in [3.05, 3.63) is 86.6 Å². The van der Waals surface area contributed by atoms with E-state index in [1.54, 1.807) is 18.2 Å². The zero-order chi connectivity index (χ0) is 26.8. The summed E-state index contributed by atoms with van der Waals surface area (Å²) in [4.78, 5) is 52.6. The molecular formula is C27H24N2O7S2. The predicted octanol–water partition coefficient (Wildman–Crippen LogP) is 3.17. The smallest absolute Gasteiger partial charge is 0.355 e. The highest BCUT2D eigenvalue weighted by atomic mass is 32.2. The maximum Gasteiger partial charge on any atom is 0.355 e. The van der Waals surface area contributed by atoms with Crippen LogP contribution >= 0.6 is 23.1 Å². The Morgan fingerprint density at radius 2 is 2.11 bits per heavy atom. The predicted molar refractivity (Wildman–Crippen MR) is 144 cm³/mol. The third kappa shape index (κ3) is 5.11. The first-order valence-corrected chi connectivity index (χ1v) is 13.7. The van der Waals surface area contributed by atoms with Crippen LogP contribution in [0.25, 0.3) is 11.0 Å². The first-order valence-electron chi connectivity index (χ1n) is 11.8. The third-order valence-corrected chi connectivity index (χ3v) is 8.36. The molecule has 4 heterocycles. The number of aryl methyl sites for hydroxylation is 1. The van der Waals surface area contributed by atoms with Gasteiger partial charge < -0.3 is 19.2 Å². The number of nitrogens with one attached hydrogen (secondary N) is 1. The van der Waals surface area contributed by atoms with E-state index in [4.69, 9.17) is 13.9 Å². The normalized spacial score (nSPS) is 18.6. The zero-order valence-corrected chi connectivity index (χ0v) is 22.1. The highest BCUT2D eigenvalue weighted by molar-refractivity contribution is 8.00. The fourth-order valence-corrected chi connectivity index (χ4v) is 6.38. The molecule has 11 heteroatoms. The Morgan fingerprint density at radius 3 is 2.87 bits per heavy atom. The van der Waals surface area contributed by atoms with Gasteiger partial charge in [-0.25, -0.2) is 9.59 Å². The monoisotopic (exact) mass is 552 g/mol. The molecule has 2 aromatic heterocycles. The van der Waals surface area contributed by atoms with Crippen molar-refractivity contribution in [1.82, 2.24) is 10.2 Å². The molecule has 5 rings (SSSR count). The number of hydrogen-bond acceptors (Lipinski definition) is 9. The average molecular weight is 553 g/mol. The number of β-lactam (4-membered cyclic amide) rings is 1. The summed E-state index contributed by atoms with van der Waals surface area (Å²) in [5.74, 6) is -0.457. The molecule has 3 aromatic rings. The van der Waals surface area contributed by atoms with Gasteiger partial charge in [-0.2, -0.15) is 0 Å². The second-order valence-corrected chi connectivity index (χ2v) is 10.9. The number of rotatable bonds is 9. The molecule has 0 aliphatic carbocycles. The van der Waals surface area contributed by atoms with Gasteiger partial charge in [0.15, 0.2) is 0 Å². The van der Waals surface area contributed by atoms with E-state index in [9.17, 15) is 19.2 Å². The number of esters is 1. The fraction of sp³-hybridized carbons (Fsp3) is 0.259. The minimum absolute atomic E-state index is 0.0129. The summed E-state index contributed by atoms with van der Waals surface area (Å²) in [5.41, 5.74) is 1.42. The molecule has 2 unspecified atom stereocenters. The maximum absolute atomic E-state index is 13.1. The molecule has 1 fully saturated rings. The second kappa shape index (κ2) is 10.9. The van der Waals surface area contributed by atoms with Gasteiger partial charge in [0.25, 0.3) is 5.91 Å². The van der Waals surface area contributed by atoms with E-state index in [1.165, 1.54) is 40.1 Å². The van der Waals surface area contributed by atoms with E-state index < -0.39 is 23.0 Å². The van der Waals surface area contributed by atoms with Crippen molar-refractivity contribution >= 4 is 51.9 Å². The van der Waals surface area contributed by atoms with Crippen molar-refractivity contribution in [2.24, 2.45) is 0 Å². The average Bonchev–Trinajstić information content (AvgIpc) is 3.41. The molecule has 1 aromatic carbocycles. The van der Waals surface area contributed by atoms with E-state index >= 15 is 0 Å². The molecule has 0 radical (unpaired) electrons. The van der Waals surface area contributed by atoms with Crippen LogP contribution in [0.3, 0.4) is 0 Å². The summed E-state index contributed by atoms with van der Waals surface area (Å²) in [5, 5.41) is 5.05. The Morgan fingerprint density at radius 1 is 1.26 bits per heavy atom. The number of carbonyl (C=O) groups excluding carboxylic acids is 3. The minimum atomic E-state index is -0.733. The Kier molecular flexibility index (Phi) is 7.39. The number of hydrogen-bond donors (Lipinski definition) is 1. The second-order valence-electron chi connectivity index (χ2n) is 8.75. The first-order chi connectivity index (χ1) is 18.4. The number of carbonyl (C=O) groups is 3. The van der Waals surface area contributed by atoms with Gasteiger partial charge in [-0.05, 0) is 36.1 Å². The molecule has 1 saturated heterocycles. The number of nitrogens with zero attached hydrogens (tertiary/aromatic N) is 1. The summed E-state index contributed by atoms with van der Waals surface area (Å²) < 4.78 is 16.5. The first kappa shape index (κ1) is 25.8. The molecular weight excluding hydrogens is 528 g/mol. The highest BCUT2D eigenvalue weighted by Crippen LogP contribution is 2.41. The van der Waals surface area contributed by atoms with E-state index in [0.717, 1.165) is 15.8 Å². The lowest BCUT2D eigenvalue weighted by atomic mass is 10.0. The van der Waals surface area contributed by atoms with Gasteiger partial charge in [0.2, 0.25) is 5.91 Å². The molecule has 9 nitrogen and oxygen atoms in total. The summed E-state index contributed by atoms with van der Waals surface area (Å²) in [6, 6.07) is 9.58. The van der Waals surface area contributed by atoms with Crippen LogP contribution in [0.5, 0.6) is 5.75 Å². The maximum atomic E-state index is 13.1. The largest absolute Gasteiger partial charge is 0.489 e. The van der Waals surface area contributed by atoms with Crippen LogP contribution in [0.15, 0.2) is 74.9 Å². The topological polar surface area (TPSA) is 115 Å². The number of amides is 2. The van der Waals surface area contributed by atoms with Crippen molar-refractivity contribution in [1.29, 1.82) is 0 Å². The van der Waals surface area contributed by atoms with Crippen LogP contribution in [0.4, 0.5) is 0 Å². The Bertz CT molecular complexity index is 1510. The number of thiophene rings is 1. The lowest BCUT2D eigenvalue weighted by Gasteiger charge is -2.49. The lowest BCUT2D eigenvalue weighted by Crippen LogP contribution is -2.70. The Labute approximate surface area is 226 Å². The molecule has 1 N–H and O–H groups in total. The van der Waals surface area contributed by atoms with Gasteiger partial charge in [0, 0.05) is 33.7 Å². The summed E-state index contributed by atoms with van der Waals surface area (Å²) >= 11 is 2.91. The molecule has 2 atom stereocenters. The number of thioether (sulfide) groups is 1. The standard InChI is InChI=1S/C27H24N2O7S2/c1-3-8-34-27(33)24-16(13-35-17-6-7-19-15(2)10-22(31)36-20(19)11-17)14-38-26-23(25(32)29(24)26)28-21(30)12-18-5-4-9-37-18/h3-7,9-11,23,26H,1,8,12-14H2,2H3,(H,28,30). The Hall–Kier alpha value is -3.83. The van der Waals surface area contributed by atoms with E-state index in [-0.39, 0.29) is 37.1 Å². The molecule has 0 spiro atoms. The lowest BCUT2D eigenvalue weighted by molar-refractivity contribution is -0.152. The van der Waals surface area contributed by atoms with Crippen molar-refractivity contribution in [3.63, 3.8) is 0 Å². The molecule has 0 bridgehead atoms. The van der Waals surface area contributed by atoms with Gasteiger partial charge >= 0.3 is 11.6 Å². The molecule has 196 valence electrons. The van der Waals surface area contributed by atoms with Gasteiger partial charge in [-0.1, -0.05) is 18.7 Å². The molecule has 38 heavy (non-hydrogen) atoms. The van der Waals surface area contributed by atoms with Crippen LogP contribution in [-0.4, -0.2) is 53.1 Å². The van der Waals surface area contributed by atoms with Crippen LogP contribution in [-0.2, 0) is 25.5 Å². The van der Waals surface area contributed by atoms with Crippen molar-refractivity contribution in [2.45, 2.75) is 24.8 Å². The van der Waals surface area contributed by atoms with Gasteiger partial charge in [0.05, 0.1) is 6.42 Å². The van der Waals surface area contributed by atoms with Gasteiger partial charge in [-0.3, -0.25) is 14.5 Å². The van der Waals surface area contributed by atoms with Crippen LogP contribution in [0, 0.1) is 6.92 Å². The van der Waals surface area contributed by atoms with E-state index in [2.05, 4.69) is 11.9 Å². The third-order valence-electron chi connectivity index (χ3n) is 6.14. The minimum Gasteiger partial charge on any atom is -0.489 e. The summed E-state index contributed by atoms with van der Waals surface area (Å²) in [6.07, 6.45) is 1.63. The summed E-state index contributed by atoms with van der Waals surface area (Å²) in [6.45, 7) is 5.39. The molecule has 0 saturated carbocycles. The van der Waals surface area contributed by atoms with Gasteiger partial charge in [0.1, 0.15) is 41.7 Å². The van der Waals surface area contributed by atoms with Crippen LogP contribution < -0.4 is 15.7 Å². The molecule has 2 amide bonds.